The van der Waals surface area contributed by atoms with Gasteiger partial charge in [-0.25, -0.2) is 0 Å². The van der Waals surface area contributed by atoms with Crippen LogP contribution in [-0.4, -0.2) is 18.5 Å². The standard InChI is InChI=1S/C15H24BrP/c1-5-15(14-12-10-9-11-13-14)17(16,6-2,7-3)8-4/h5,9-13,15H,1,6-8H2,2-4H3. The third kappa shape index (κ3) is 2.66. The molecule has 0 saturated carbocycles. The van der Waals surface area contributed by atoms with Crippen molar-refractivity contribution < 1.29 is 0 Å². The normalized spacial score (nSPS) is 15.9. The summed E-state index contributed by atoms with van der Waals surface area (Å²) >= 11 is 4.21. The summed E-state index contributed by atoms with van der Waals surface area (Å²) in [5, 5.41) is -1.87. The van der Waals surface area contributed by atoms with Crippen molar-refractivity contribution in [1.29, 1.82) is 0 Å². The van der Waals surface area contributed by atoms with Gasteiger partial charge >= 0.3 is 114 Å². The summed E-state index contributed by atoms with van der Waals surface area (Å²) in [4.78, 5) is 0. The van der Waals surface area contributed by atoms with Crippen molar-refractivity contribution in [3.63, 3.8) is 0 Å². The minimum atomic E-state index is -1.87. The molecule has 1 unspecified atom stereocenters. The van der Waals surface area contributed by atoms with E-state index in [1.165, 1.54) is 24.0 Å². The Bertz CT molecular complexity index is 357. The number of allylic oxidation sites excluding steroid dienone is 1. The second-order valence-corrected chi connectivity index (χ2v) is 16.3. The molecular weight excluding hydrogens is 291 g/mol. The van der Waals surface area contributed by atoms with Crippen molar-refractivity contribution in [3.8, 4) is 0 Å². The Morgan fingerprint density at radius 1 is 1.12 bits per heavy atom. The van der Waals surface area contributed by atoms with Gasteiger partial charge in [0.05, 0.1) is 0 Å². The third-order valence-electron chi connectivity index (χ3n) is 4.31. The number of halogens is 1. The summed E-state index contributed by atoms with van der Waals surface area (Å²) in [5.41, 5.74) is 1.88. The van der Waals surface area contributed by atoms with E-state index in [2.05, 4.69) is 79.2 Å². The van der Waals surface area contributed by atoms with E-state index in [4.69, 9.17) is 0 Å². The molecule has 17 heavy (non-hydrogen) atoms. The second kappa shape index (κ2) is 5.67. The SMILES string of the molecule is C=CC(c1ccccc1)P(Br)(CC)(CC)CC. The molecule has 0 aliphatic carbocycles. The fourth-order valence-electron chi connectivity index (χ4n) is 2.68. The van der Waals surface area contributed by atoms with Crippen LogP contribution in [0.2, 0.25) is 0 Å². The summed E-state index contributed by atoms with van der Waals surface area (Å²) in [6.07, 6.45) is 5.83. The molecule has 96 valence electrons. The molecule has 0 aromatic heterocycles. The van der Waals surface area contributed by atoms with Gasteiger partial charge in [0.25, 0.3) is 0 Å². The molecule has 0 saturated heterocycles. The Kier molecular flexibility index (Phi) is 4.98. The van der Waals surface area contributed by atoms with Crippen LogP contribution >= 0.6 is 20.8 Å². The third-order valence-corrected chi connectivity index (χ3v) is 16.5. The molecule has 0 nitrogen and oxygen atoms in total. The molecule has 0 amide bonds. The van der Waals surface area contributed by atoms with Gasteiger partial charge in [0, 0.05) is 0 Å². The summed E-state index contributed by atoms with van der Waals surface area (Å²) in [6.45, 7) is 11.1. The van der Waals surface area contributed by atoms with Gasteiger partial charge in [-0.3, -0.25) is 0 Å². The monoisotopic (exact) mass is 314 g/mol. The van der Waals surface area contributed by atoms with Crippen molar-refractivity contribution in [3.05, 3.63) is 48.6 Å². The first-order chi connectivity index (χ1) is 8.04. The zero-order valence-corrected chi connectivity index (χ0v) is 13.7. The van der Waals surface area contributed by atoms with E-state index in [0.717, 1.165) is 0 Å². The zero-order chi connectivity index (χ0) is 13.0. The van der Waals surface area contributed by atoms with Crippen molar-refractivity contribution in [2.45, 2.75) is 26.4 Å². The fraction of sp³-hybridized carbons (Fsp3) is 0.467. The predicted molar refractivity (Wildman–Crippen MR) is 86.9 cm³/mol. The van der Waals surface area contributed by atoms with E-state index in [1.807, 2.05) is 0 Å². The molecule has 1 aromatic carbocycles. The molecule has 1 atom stereocenters. The molecule has 1 rings (SSSR count). The van der Waals surface area contributed by atoms with Crippen molar-refractivity contribution in [1.82, 2.24) is 0 Å². The summed E-state index contributed by atoms with van der Waals surface area (Å²) < 4.78 is 0. The quantitative estimate of drug-likeness (QED) is 0.457. The molecule has 0 aliphatic heterocycles. The molecule has 0 heterocycles. The Balaban J connectivity index is 3.30. The average Bonchev–Trinajstić information content (AvgIpc) is 2.41. The predicted octanol–water partition coefficient (Wildman–Crippen LogP) is 5.84. The summed E-state index contributed by atoms with van der Waals surface area (Å²) in [5.74, 6) is 0. The molecule has 2 heteroatoms. The number of hydrogen-bond acceptors (Lipinski definition) is 0. The minimum absolute atomic E-state index is 0.474. The van der Waals surface area contributed by atoms with Crippen LogP contribution in [0.15, 0.2) is 43.0 Å². The molecule has 0 bridgehead atoms. The van der Waals surface area contributed by atoms with Crippen LogP contribution in [0.5, 0.6) is 0 Å². The van der Waals surface area contributed by atoms with Crippen LogP contribution in [0.4, 0.5) is 0 Å². The van der Waals surface area contributed by atoms with E-state index >= 15 is 0 Å². The van der Waals surface area contributed by atoms with Gasteiger partial charge in [-0.2, -0.15) is 0 Å². The van der Waals surface area contributed by atoms with Crippen LogP contribution in [0, 0.1) is 0 Å². The Labute approximate surface area is 114 Å². The molecule has 0 N–H and O–H groups in total. The molecule has 0 spiro atoms. The van der Waals surface area contributed by atoms with Gasteiger partial charge in [0.2, 0.25) is 0 Å². The van der Waals surface area contributed by atoms with Crippen molar-refractivity contribution >= 4 is 20.8 Å². The van der Waals surface area contributed by atoms with Gasteiger partial charge in [0.15, 0.2) is 0 Å². The first-order valence-corrected chi connectivity index (χ1v) is 11.3. The Morgan fingerprint density at radius 3 is 1.94 bits per heavy atom. The molecule has 0 radical (unpaired) electrons. The maximum atomic E-state index is 4.21. The Morgan fingerprint density at radius 2 is 1.59 bits per heavy atom. The van der Waals surface area contributed by atoms with Crippen molar-refractivity contribution in [2.75, 3.05) is 18.5 Å². The van der Waals surface area contributed by atoms with Crippen LogP contribution in [0.25, 0.3) is 0 Å². The van der Waals surface area contributed by atoms with Crippen LogP contribution in [0.3, 0.4) is 0 Å². The first kappa shape index (κ1) is 14.9. The van der Waals surface area contributed by atoms with Crippen LogP contribution < -0.4 is 0 Å². The zero-order valence-electron chi connectivity index (χ0n) is 11.2. The number of hydrogen-bond donors (Lipinski definition) is 0. The van der Waals surface area contributed by atoms with E-state index < -0.39 is 5.31 Å². The topological polar surface area (TPSA) is 0 Å². The summed E-state index contributed by atoms with van der Waals surface area (Å²) in [6, 6.07) is 10.8. The van der Waals surface area contributed by atoms with Gasteiger partial charge in [-0.05, 0) is 0 Å². The van der Waals surface area contributed by atoms with E-state index in [-0.39, 0.29) is 0 Å². The first-order valence-electron chi connectivity index (χ1n) is 6.44. The molecular formula is C15H24BrP. The van der Waals surface area contributed by atoms with E-state index in [1.54, 1.807) is 0 Å². The van der Waals surface area contributed by atoms with Gasteiger partial charge < -0.3 is 0 Å². The van der Waals surface area contributed by atoms with Crippen LogP contribution in [-0.2, 0) is 0 Å². The van der Waals surface area contributed by atoms with E-state index in [0.29, 0.717) is 5.66 Å². The van der Waals surface area contributed by atoms with Gasteiger partial charge in [-0.15, -0.1) is 0 Å². The second-order valence-electron chi connectivity index (χ2n) is 4.71. The maximum absolute atomic E-state index is 4.21. The molecule has 1 aromatic rings. The fourth-order valence-corrected chi connectivity index (χ4v) is 7.86. The van der Waals surface area contributed by atoms with Crippen LogP contribution in [0.1, 0.15) is 32.0 Å². The van der Waals surface area contributed by atoms with Crippen molar-refractivity contribution in [2.24, 2.45) is 0 Å². The Hall–Kier alpha value is -0.130. The van der Waals surface area contributed by atoms with Gasteiger partial charge in [0.1, 0.15) is 0 Å². The average molecular weight is 315 g/mol. The number of rotatable bonds is 6. The van der Waals surface area contributed by atoms with E-state index in [9.17, 15) is 0 Å². The summed E-state index contributed by atoms with van der Waals surface area (Å²) in [7, 11) is 0. The molecule has 0 aliphatic rings. The van der Waals surface area contributed by atoms with Gasteiger partial charge in [-0.1, -0.05) is 0 Å². The number of benzene rings is 1. The molecule has 0 fully saturated rings.